The third kappa shape index (κ3) is 5.83. The standard InChI is InChI=1S/C12H17NO4.C2H6/c1-2-10(7-14)17-12(16)9-5-3-4-8(6-9)11(13)15;1-2/h3-6,10,12,14,16H,2,7H2,1H3,(H2,13,15);1-2H3/t10?,12-;/m0./s1. The van der Waals surface area contributed by atoms with Crippen molar-refractivity contribution in [2.24, 2.45) is 5.73 Å². The Labute approximate surface area is 114 Å². The van der Waals surface area contributed by atoms with Gasteiger partial charge in [-0.2, -0.15) is 0 Å². The second kappa shape index (κ2) is 9.49. The van der Waals surface area contributed by atoms with E-state index in [1.165, 1.54) is 6.07 Å². The zero-order valence-electron chi connectivity index (χ0n) is 11.7. The van der Waals surface area contributed by atoms with E-state index in [1.807, 2.05) is 20.8 Å². The van der Waals surface area contributed by atoms with Gasteiger partial charge in [0.1, 0.15) is 0 Å². The number of carbonyl (C=O) groups is 1. The van der Waals surface area contributed by atoms with Crippen LogP contribution in [0.1, 0.15) is 49.4 Å². The minimum absolute atomic E-state index is 0.164. The van der Waals surface area contributed by atoms with Gasteiger partial charge in [-0.05, 0) is 18.6 Å². The molecule has 0 saturated heterocycles. The van der Waals surface area contributed by atoms with Gasteiger partial charge in [-0.15, -0.1) is 0 Å². The zero-order chi connectivity index (χ0) is 14.8. The topological polar surface area (TPSA) is 92.8 Å². The molecule has 5 nitrogen and oxygen atoms in total. The molecule has 1 amide bonds. The predicted octanol–water partition coefficient (Wildman–Crippen LogP) is 1.59. The van der Waals surface area contributed by atoms with Crippen molar-refractivity contribution < 1.29 is 19.7 Å². The number of primary amides is 1. The van der Waals surface area contributed by atoms with Crippen LogP contribution in [0.15, 0.2) is 24.3 Å². The lowest BCUT2D eigenvalue weighted by Crippen LogP contribution is -2.20. The van der Waals surface area contributed by atoms with Crippen molar-refractivity contribution >= 4 is 5.91 Å². The number of amides is 1. The van der Waals surface area contributed by atoms with Gasteiger partial charge < -0.3 is 20.7 Å². The van der Waals surface area contributed by atoms with Crippen LogP contribution in [0.4, 0.5) is 0 Å². The van der Waals surface area contributed by atoms with E-state index in [0.29, 0.717) is 17.5 Å². The van der Waals surface area contributed by atoms with E-state index in [1.54, 1.807) is 18.2 Å². The number of carbonyl (C=O) groups excluding carboxylic acids is 1. The summed E-state index contributed by atoms with van der Waals surface area (Å²) in [5.74, 6) is -0.562. The molecular formula is C14H23NO4. The minimum Gasteiger partial charge on any atom is -0.394 e. The van der Waals surface area contributed by atoms with Crippen molar-refractivity contribution in [3.05, 3.63) is 35.4 Å². The number of benzene rings is 1. The second-order valence-electron chi connectivity index (χ2n) is 3.69. The van der Waals surface area contributed by atoms with Crippen LogP contribution in [0.3, 0.4) is 0 Å². The summed E-state index contributed by atoms with van der Waals surface area (Å²) in [6.45, 7) is 5.68. The van der Waals surface area contributed by atoms with Crippen molar-refractivity contribution in [2.75, 3.05) is 6.61 Å². The van der Waals surface area contributed by atoms with Gasteiger partial charge in [-0.3, -0.25) is 4.79 Å². The fraction of sp³-hybridized carbons (Fsp3) is 0.500. The molecular weight excluding hydrogens is 246 g/mol. The molecule has 0 spiro atoms. The maximum Gasteiger partial charge on any atom is 0.248 e. The molecule has 0 saturated carbocycles. The maximum atomic E-state index is 11.0. The Kier molecular flexibility index (Phi) is 8.78. The number of hydrogen-bond acceptors (Lipinski definition) is 4. The summed E-state index contributed by atoms with van der Waals surface area (Å²) < 4.78 is 5.22. The minimum atomic E-state index is -1.17. The third-order valence-electron chi connectivity index (χ3n) is 2.44. The van der Waals surface area contributed by atoms with Gasteiger partial charge in [-0.25, -0.2) is 0 Å². The third-order valence-corrected chi connectivity index (χ3v) is 2.44. The Bertz CT molecular complexity index is 377. The molecule has 0 aliphatic heterocycles. The zero-order valence-corrected chi connectivity index (χ0v) is 11.7. The van der Waals surface area contributed by atoms with Crippen LogP contribution >= 0.6 is 0 Å². The van der Waals surface area contributed by atoms with Gasteiger partial charge >= 0.3 is 0 Å². The van der Waals surface area contributed by atoms with Crippen LogP contribution in [0.2, 0.25) is 0 Å². The van der Waals surface area contributed by atoms with Crippen LogP contribution < -0.4 is 5.73 Å². The van der Waals surface area contributed by atoms with Crippen molar-refractivity contribution in [1.29, 1.82) is 0 Å². The molecule has 0 aromatic heterocycles. The van der Waals surface area contributed by atoms with E-state index in [2.05, 4.69) is 0 Å². The van der Waals surface area contributed by atoms with Crippen LogP contribution in [0, 0.1) is 0 Å². The molecule has 0 radical (unpaired) electrons. The second-order valence-corrected chi connectivity index (χ2v) is 3.69. The fourth-order valence-corrected chi connectivity index (χ4v) is 1.37. The van der Waals surface area contributed by atoms with E-state index in [9.17, 15) is 9.90 Å². The molecule has 0 aliphatic carbocycles. The quantitative estimate of drug-likeness (QED) is 0.684. The molecule has 108 valence electrons. The summed E-state index contributed by atoms with van der Waals surface area (Å²) in [5.41, 5.74) is 5.88. The number of nitrogens with two attached hydrogens (primary N) is 1. The molecule has 0 bridgehead atoms. The highest BCUT2D eigenvalue weighted by Gasteiger charge is 2.15. The normalized spacial score (nSPS) is 13.1. The smallest absolute Gasteiger partial charge is 0.248 e. The van der Waals surface area contributed by atoms with E-state index in [0.717, 1.165) is 0 Å². The predicted molar refractivity (Wildman–Crippen MR) is 73.5 cm³/mol. The van der Waals surface area contributed by atoms with E-state index in [4.69, 9.17) is 15.6 Å². The van der Waals surface area contributed by atoms with Crippen LogP contribution in [-0.4, -0.2) is 28.8 Å². The van der Waals surface area contributed by atoms with Gasteiger partial charge in [0, 0.05) is 11.1 Å². The molecule has 5 heteroatoms. The maximum absolute atomic E-state index is 11.0. The monoisotopic (exact) mass is 269 g/mol. The Morgan fingerprint density at radius 3 is 2.53 bits per heavy atom. The van der Waals surface area contributed by atoms with Gasteiger partial charge in [0.05, 0.1) is 12.7 Å². The van der Waals surface area contributed by atoms with Crippen LogP contribution in [0.5, 0.6) is 0 Å². The Hall–Kier alpha value is -1.43. The number of aliphatic hydroxyl groups is 2. The summed E-state index contributed by atoms with van der Waals surface area (Å²) >= 11 is 0. The van der Waals surface area contributed by atoms with Gasteiger partial charge in [-0.1, -0.05) is 32.9 Å². The van der Waals surface area contributed by atoms with Gasteiger partial charge in [0.15, 0.2) is 6.29 Å². The SMILES string of the molecule is CC.CCC(CO)O[C@H](O)c1cccc(C(N)=O)c1. The molecule has 1 aromatic rings. The largest absolute Gasteiger partial charge is 0.394 e. The molecule has 19 heavy (non-hydrogen) atoms. The van der Waals surface area contributed by atoms with Crippen molar-refractivity contribution in [3.8, 4) is 0 Å². The van der Waals surface area contributed by atoms with Crippen LogP contribution in [-0.2, 0) is 4.74 Å². The highest BCUT2D eigenvalue weighted by Crippen LogP contribution is 2.18. The number of hydrogen-bond donors (Lipinski definition) is 3. The van der Waals surface area contributed by atoms with Gasteiger partial charge in [0.2, 0.25) is 5.91 Å². The lowest BCUT2D eigenvalue weighted by molar-refractivity contribution is -0.151. The summed E-state index contributed by atoms with van der Waals surface area (Å²) in [7, 11) is 0. The summed E-state index contributed by atoms with van der Waals surface area (Å²) in [6.07, 6.45) is -1.02. The van der Waals surface area contributed by atoms with Crippen LogP contribution in [0.25, 0.3) is 0 Å². The number of rotatable bonds is 6. The Morgan fingerprint density at radius 2 is 2.05 bits per heavy atom. The van der Waals surface area contributed by atoms with Crippen molar-refractivity contribution in [2.45, 2.75) is 39.6 Å². The molecule has 1 unspecified atom stereocenters. The number of ether oxygens (including phenoxy) is 1. The van der Waals surface area contributed by atoms with E-state index >= 15 is 0 Å². The van der Waals surface area contributed by atoms with E-state index in [-0.39, 0.29) is 6.61 Å². The highest BCUT2D eigenvalue weighted by atomic mass is 16.6. The molecule has 0 fully saturated rings. The first-order valence-corrected chi connectivity index (χ1v) is 6.42. The summed E-state index contributed by atoms with van der Waals surface area (Å²) in [6, 6.07) is 6.27. The lowest BCUT2D eigenvalue weighted by atomic mass is 10.1. The summed E-state index contributed by atoms with van der Waals surface area (Å²) in [5, 5.41) is 18.7. The fourth-order valence-electron chi connectivity index (χ4n) is 1.37. The average molecular weight is 269 g/mol. The average Bonchev–Trinajstić information content (AvgIpc) is 2.46. The summed E-state index contributed by atoms with van der Waals surface area (Å²) in [4.78, 5) is 11.0. The van der Waals surface area contributed by atoms with Crippen molar-refractivity contribution in [1.82, 2.24) is 0 Å². The van der Waals surface area contributed by atoms with E-state index < -0.39 is 18.3 Å². The number of aliphatic hydroxyl groups excluding tert-OH is 2. The first-order chi connectivity index (χ1) is 9.08. The van der Waals surface area contributed by atoms with Gasteiger partial charge in [0.25, 0.3) is 0 Å². The molecule has 1 rings (SSSR count). The first kappa shape index (κ1) is 17.6. The molecule has 1 aromatic carbocycles. The molecule has 0 aliphatic rings. The van der Waals surface area contributed by atoms with Crippen molar-refractivity contribution in [3.63, 3.8) is 0 Å². The Balaban J connectivity index is 0.00000154. The molecule has 2 atom stereocenters. The lowest BCUT2D eigenvalue weighted by Gasteiger charge is -2.19. The molecule has 4 N–H and O–H groups in total. The first-order valence-electron chi connectivity index (χ1n) is 6.42. The molecule has 0 heterocycles. The Morgan fingerprint density at radius 1 is 1.42 bits per heavy atom. The highest BCUT2D eigenvalue weighted by molar-refractivity contribution is 5.92.